The third-order valence-electron chi connectivity index (χ3n) is 5.38. The number of hydrogen-bond acceptors (Lipinski definition) is 4. The zero-order valence-electron chi connectivity index (χ0n) is 18.1. The lowest BCUT2D eigenvalue weighted by Gasteiger charge is -2.05. The Bertz CT molecular complexity index is 1430. The molecule has 2 heterocycles. The van der Waals surface area contributed by atoms with E-state index in [1.807, 2.05) is 30.3 Å². The number of hydrogen-bond donors (Lipinski definition) is 2. The quantitative estimate of drug-likeness (QED) is 0.444. The highest BCUT2D eigenvalue weighted by atomic mass is 16.5. The summed E-state index contributed by atoms with van der Waals surface area (Å²) in [7, 11) is 1.58. The summed E-state index contributed by atoms with van der Waals surface area (Å²) < 4.78 is 5.13. The normalized spacial score (nSPS) is 10.5. The molecule has 4 rings (SSSR count). The minimum atomic E-state index is -0.952. The highest BCUT2D eigenvalue weighted by Gasteiger charge is 2.07. The maximum absolute atomic E-state index is 13.0. The van der Waals surface area contributed by atoms with Gasteiger partial charge in [-0.3, -0.25) is 4.79 Å². The van der Waals surface area contributed by atoms with E-state index in [1.165, 1.54) is 0 Å². The van der Waals surface area contributed by atoms with E-state index in [-0.39, 0.29) is 11.0 Å². The predicted octanol–water partition coefficient (Wildman–Crippen LogP) is 4.01. The van der Waals surface area contributed by atoms with Gasteiger partial charge in [-0.1, -0.05) is 24.0 Å². The molecule has 0 spiro atoms. The Morgan fingerprint density at radius 3 is 2.64 bits per heavy atom. The van der Waals surface area contributed by atoms with Crippen molar-refractivity contribution in [3.05, 3.63) is 105 Å². The van der Waals surface area contributed by atoms with E-state index in [1.54, 1.807) is 43.8 Å². The van der Waals surface area contributed by atoms with Gasteiger partial charge in [0.2, 0.25) is 5.88 Å². The number of pyridine rings is 2. The Balaban J connectivity index is 1.51. The third kappa shape index (κ3) is 5.28. The van der Waals surface area contributed by atoms with Crippen LogP contribution in [-0.2, 0) is 19.3 Å². The molecular weight excluding hydrogens is 416 g/mol. The van der Waals surface area contributed by atoms with Crippen LogP contribution in [0.15, 0.2) is 71.8 Å². The van der Waals surface area contributed by atoms with Crippen LogP contribution in [0.5, 0.6) is 5.88 Å². The SMILES string of the molecule is COc1cc(CC#Cc2ccc3[nH]cc(CCc4ccc(C(=O)O)cc4)c(=O)c3c2)ccn1. The largest absolute Gasteiger partial charge is 0.481 e. The van der Waals surface area contributed by atoms with E-state index in [0.29, 0.717) is 36.1 Å². The van der Waals surface area contributed by atoms with Crippen LogP contribution in [-0.4, -0.2) is 28.2 Å². The van der Waals surface area contributed by atoms with Crippen LogP contribution in [0.25, 0.3) is 10.9 Å². The first-order valence-electron chi connectivity index (χ1n) is 10.5. The number of methoxy groups -OCH3 is 1. The van der Waals surface area contributed by atoms with Gasteiger partial charge in [0.25, 0.3) is 0 Å². The number of nitrogens with zero attached hydrogens (tertiary/aromatic N) is 1. The van der Waals surface area contributed by atoms with Gasteiger partial charge >= 0.3 is 5.97 Å². The number of rotatable bonds is 6. The van der Waals surface area contributed by atoms with E-state index in [9.17, 15) is 9.59 Å². The summed E-state index contributed by atoms with van der Waals surface area (Å²) in [6, 6.07) is 16.0. The van der Waals surface area contributed by atoms with Crippen molar-refractivity contribution in [1.82, 2.24) is 9.97 Å². The van der Waals surface area contributed by atoms with Gasteiger partial charge in [-0.15, -0.1) is 0 Å². The number of aromatic nitrogens is 2. The zero-order valence-corrected chi connectivity index (χ0v) is 18.1. The van der Waals surface area contributed by atoms with Crippen LogP contribution < -0.4 is 10.2 Å². The summed E-state index contributed by atoms with van der Waals surface area (Å²) in [5, 5.41) is 9.62. The fourth-order valence-electron chi connectivity index (χ4n) is 3.54. The Hall–Kier alpha value is -4.37. The Kier molecular flexibility index (Phi) is 6.51. The molecule has 4 aromatic rings. The third-order valence-corrected chi connectivity index (χ3v) is 5.38. The number of benzene rings is 2. The topological polar surface area (TPSA) is 92.3 Å². The van der Waals surface area contributed by atoms with Crippen LogP contribution >= 0.6 is 0 Å². The van der Waals surface area contributed by atoms with Crippen molar-refractivity contribution in [2.75, 3.05) is 7.11 Å². The summed E-state index contributed by atoms with van der Waals surface area (Å²) in [5.41, 5.74) is 4.43. The second-order valence-corrected chi connectivity index (χ2v) is 7.59. The number of fused-ring (bicyclic) bond motifs is 1. The van der Waals surface area contributed by atoms with Gasteiger partial charge in [-0.2, -0.15) is 0 Å². The molecule has 0 radical (unpaired) electrons. The first kappa shape index (κ1) is 21.8. The van der Waals surface area contributed by atoms with Crippen LogP contribution in [0.2, 0.25) is 0 Å². The molecule has 2 aromatic carbocycles. The Morgan fingerprint density at radius 1 is 1.06 bits per heavy atom. The number of carboxylic acids is 1. The molecule has 0 aliphatic heterocycles. The number of carboxylic acid groups (broad SMARTS) is 1. The molecule has 0 atom stereocenters. The summed E-state index contributed by atoms with van der Waals surface area (Å²) in [6.07, 6.45) is 5.18. The van der Waals surface area contributed by atoms with Crippen molar-refractivity contribution < 1.29 is 14.6 Å². The van der Waals surface area contributed by atoms with Crippen LogP contribution in [0.1, 0.15) is 32.6 Å². The molecule has 0 fully saturated rings. The summed E-state index contributed by atoms with van der Waals surface area (Å²) in [5.74, 6) is 5.87. The fourth-order valence-corrected chi connectivity index (χ4v) is 3.54. The molecule has 0 saturated carbocycles. The molecule has 6 nitrogen and oxygen atoms in total. The van der Waals surface area contributed by atoms with Gasteiger partial charge in [-0.05, 0) is 60.4 Å². The van der Waals surface area contributed by atoms with Crippen LogP contribution in [0.4, 0.5) is 0 Å². The number of H-pyrrole nitrogens is 1. The fraction of sp³-hybridized carbons (Fsp3) is 0.148. The highest BCUT2D eigenvalue weighted by molar-refractivity contribution is 5.87. The van der Waals surface area contributed by atoms with E-state index in [4.69, 9.17) is 9.84 Å². The standard InChI is InChI=1S/C27H22N2O4/c1-33-25-16-20(13-14-28-25)4-2-3-19-8-12-24-23(15-19)26(30)22(17-29-24)11-7-18-5-9-21(10-6-18)27(31)32/h5-6,8-10,12-17H,4,7,11H2,1H3,(H,29,30)(H,31,32). The minimum Gasteiger partial charge on any atom is -0.481 e. The highest BCUT2D eigenvalue weighted by Crippen LogP contribution is 2.13. The molecule has 0 saturated heterocycles. The van der Waals surface area contributed by atoms with E-state index < -0.39 is 5.97 Å². The summed E-state index contributed by atoms with van der Waals surface area (Å²) >= 11 is 0. The molecular formula is C27H22N2O4. The maximum atomic E-state index is 13.0. The number of aromatic amines is 1. The summed E-state index contributed by atoms with van der Waals surface area (Å²) in [4.78, 5) is 31.3. The van der Waals surface area contributed by atoms with Crippen molar-refractivity contribution in [2.45, 2.75) is 19.3 Å². The summed E-state index contributed by atoms with van der Waals surface area (Å²) in [6.45, 7) is 0. The van der Waals surface area contributed by atoms with Crippen molar-refractivity contribution >= 4 is 16.9 Å². The molecule has 0 amide bonds. The first-order chi connectivity index (χ1) is 16.0. The smallest absolute Gasteiger partial charge is 0.335 e. The van der Waals surface area contributed by atoms with Gasteiger partial charge < -0.3 is 14.8 Å². The molecule has 2 aromatic heterocycles. The van der Waals surface area contributed by atoms with E-state index in [2.05, 4.69) is 21.8 Å². The predicted molar refractivity (Wildman–Crippen MR) is 127 cm³/mol. The van der Waals surface area contributed by atoms with Gasteiger partial charge in [0.1, 0.15) is 0 Å². The van der Waals surface area contributed by atoms with E-state index >= 15 is 0 Å². The lowest BCUT2D eigenvalue weighted by molar-refractivity contribution is 0.0697. The molecule has 0 bridgehead atoms. The molecule has 2 N–H and O–H groups in total. The maximum Gasteiger partial charge on any atom is 0.335 e. The Morgan fingerprint density at radius 2 is 1.88 bits per heavy atom. The van der Waals surface area contributed by atoms with E-state index in [0.717, 1.165) is 22.2 Å². The molecule has 164 valence electrons. The number of nitrogens with one attached hydrogen (secondary N) is 1. The van der Waals surface area contributed by atoms with Gasteiger partial charge in [0.15, 0.2) is 5.43 Å². The number of aromatic carboxylic acids is 1. The lowest BCUT2D eigenvalue weighted by Crippen LogP contribution is -2.11. The van der Waals surface area contributed by atoms with Gasteiger partial charge in [-0.25, -0.2) is 9.78 Å². The van der Waals surface area contributed by atoms with Gasteiger partial charge in [0.05, 0.1) is 12.7 Å². The number of ether oxygens (including phenoxy) is 1. The molecule has 0 unspecified atom stereocenters. The molecule has 6 heteroatoms. The monoisotopic (exact) mass is 438 g/mol. The second kappa shape index (κ2) is 9.84. The lowest BCUT2D eigenvalue weighted by atomic mass is 10.0. The van der Waals surface area contributed by atoms with Crippen molar-refractivity contribution in [3.63, 3.8) is 0 Å². The first-order valence-corrected chi connectivity index (χ1v) is 10.5. The molecule has 0 aliphatic rings. The number of aryl methyl sites for hydroxylation is 2. The zero-order chi connectivity index (χ0) is 23.2. The molecule has 33 heavy (non-hydrogen) atoms. The number of carbonyl (C=O) groups is 1. The van der Waals surface area contributed by atoms with Crippen molar-refractivity contribution in [2.24, 2.45) is 0 Å². The Labute approximate surface area is 190 Å². The average molecular weight is 438 g/mol. The van der Waals surface area contributed by atoms with Gasteiger partial charge in [0, 0.05) is 46.9 Å². The minimum absolute atomic E-state index is 0.0200. The van der Waals surface area contributed by atoms with Crippen LogP contribution in [0.3, 0.4) is 0 Å². The van der Waals surface area contributed by atoms with Crippen LogP contribution in [0, 0.1) is 11.8 Å². The molecule has 0 aliphatic carbocycles. The van der Waals surface area contributed by atoms with Crippen molar-refractivity contribution in [3.8, 4) is 17.7 Å². The average Bonchev–Trinajstić information content (AvgIpc) is 2.84. The second-order valence-electron chi connectivity index (χ2n) is 7.59. The van der Waals surface area contributed by atoms with Crippen molar-refractivity contribution in [1.29, 1.82) is 0 Å².